The van der Waals surface area contributed by atoms with Gasteiger partial charge in [-0.3, -0.25) is 4.79 Å². The number of carbonyl (C=O) groups excluding carboxylic acids is 1. The van der Waals surface area contributed by atoms with Crippen LogP contribution in [0.2, 0.25) is 0 Å². The lowest BCUT2D eigenvalue weighted by molar-refractivity contribution is -0.128. The fourth-order valence-corrected chi connectivity index (χ4v) is 5.10. The van der Waals surface area contributed by atoms with Crippen molar-refractivity contribution in [1.82, 2.24) is 9.62 Å². The summed E-state index contributed by atoms with van der Waals surface area (Å²) in [4.78, 5) is 12.7. The molecule has 0 aromatic heterocycles. The van der Waals surface area contributed by atoms with Gasteiger partial charge >= 0.3 is 0 Å². The van der Waals surface area contributed by atoms with Gasteiger partial charge in [0.1, 0.15) is 23.9 Å². The van der Waals surface area contributed by atoms with Gasteiger partial charge in [0.05, 0.1) is 18.6 Å². The Balaban J connectivity index is 1.45. The molecule has 9 heteroatoms. The van der Waals surface area contributed by atoms with Gasteiger partial charge in [0.2, 0.25) is 10.0 Å². The van der Waals surface area contributed by atoms with Crippen LogP contribution < -0.4 is 19.5 Å². The molecule has 33 heavy (non-hydrogen) atoms. The first-order valence-electron chi connectivity index (χ1n) is 11.3. The van der Waals surface area contributed by atoms with Crippen LogP contribution in [0, 0.1) is 0 Å². The minimum atomic E-state index is -3.46. The number of piperidine rings is 1. The van der Waals surface area contributed by atoms with E-state index in [4.69, 9.17) is 14.2 Å². The standard InChI is InChI=1S/C24H32N2O6S/c1-3-23(32-21-9-7-8-20(18-21)30-2)24(27)25-14-17-31-19-10-12-22(13-11-19)33(28,29)26-15-5-4-6-16-26/h7-13,18,23H,3-6,14-17H2,1-2H3,(H,25,27)/t23-/m0/s1. The van der Waals surface area contributed by atoms with Crippen LogP contribution in [0.25, 0.3) is 0 Å². The molecule has 2 aromatic carbocycles. The lowest BCUT2D eigenvalue weighted by Gasteiger charge is -2.25. The van der Waals surface area contributed by atoms with Gasteiger partial charge in [-0.2, -0.15) is 4.31 Å². The average molecular weight is 477 g/mol. The second kappa shape index (κ2) is 11.9. The number of nitrogens with zero attached hydrogens (tertiary/aromatic N) is 1. The molecule has 1 fully saturated rings. The van der Waals surface area contributed by atoms with Crippen LogP contribution in [0.1, 0.15) is 32.6 Å². The molecule has 0 radical (unpaired) electrons. The summed E-state index contributed by atoms with van der Waals surface area (Å²) >= 11 is 0. The minimum Gasteiger partial charge on any atom is -0.497 e. The van der Waals surface area contributed by atoms with Gasteiger partial charge in [-0.05, 0) is 55.7 Å². The second-order valence-corrected chi connectivity index (χ2v) is 9.71. The smallest absolute Gasteiger partial charge is 0.261 e. The van der Waals surface area contributed by atoms with E-state index in [0.29, 0.717) is 43.3 Å². The molecule has 1 atom stereocenters. The van der Waals surface area contributed by atoms with Crippen LogP contribution in [0.5, 0.6) is 17.2 Å². The Morgan fingerprint density at radius 3 is 2.39 bits per heavy atom. The van der Waals surface area contributed by atoms with Crippen molar-refractivity contribution in [3.05, 3.63) is 48.5 Å². The van der Waals surface area contributed by atoms with Gasteiger partial charge in [-0.25, -0.2) is 8.42 Å². The molecule has 1 aliphatic heterocycles. The predicted octanol–water partition coefficient (Wildman–Crippen LogP) is 3.22. The van der Waals surface area contributed by atoms with Crippen molar-refractivity contribution in [3.63, 3.8) is 0 Å². The third-order valence-electron chi connectivity index (χ3n) is 5.43. The average Bonchev–Trinajstić information content (AvgIpc) is 2.86. The SMILES string of the molecule is CC[C@H](Oc1cccc(OC)c1)C(=O)NCCOc1ccc(S(=O)(=O)N2CCCCC2)cc1. The van der Waals surface area contributed by atoms with Crippen molar-refractivity contribution in [2.45, 2.75) is 43.6 Å². The topological polar surface area (TPSA) is 94.2 Å². The molecule has 1 aliphatic rings. The third kappa shape index (κ3) is 6.85. The summed E-state index contributed by atoms with van der Waals surface area (Å²) in [5.41, 5.74) is 0. The van der Waals surface area contributed by atoms with Crippen molar-refractivity contribution < 1.29 is 27.4 Å². The van der Waals surface area contributed by atoms with Gasteiger partial charge < -0.3 is 19.5 Å². The number of nitrogens with one attached hydrogen (secondary N) is 1. The van der Waals surface area contributed by atoms with Crippen LogP contribution in [-0.4, -0.2) is 58.1 Å². The molecule has 8 nitrogen and oxygen atoms in total. The fraction of sp³-hybridized carbons (Fsp3) is 0.458. The van der Waals surface area contributed by atoms with Gasteiger partial charge in [-0.15, -0.1) is 0 Å². The number of carbonyl (C=O) groups is 1. The largest absolute Gasteiger partial charge is 0.497 e. The van der Waals surface area contributed by atoms with Crippen LogP contribution in [0.4, 0.5) is 0 Å². The number of amides is 1. The minimum absolute atomic E-state index is 0.230. The van der Waals surface area contributed by atoms with E-state index >= 15 is 0 Å². The van der Waals surface area contributed by atoms with Crippen molar-refractivity contribution in [1.29, 1.82) is 0 Å². The molecule has 0 unspecified atom stereocenters. The third-order valence-corrected chi connectivity index (χ3v) is 7.34. The highest BCUT2D eigenvalue weighted by Crippen LogP contribution is 2.23. The zero-order valence-corrected chi connectivity index (χ0v) is 20.0. The Labute approximate surface area is 195 Å². The van der Waals surface area contributed by atoms with E-state index in [1.807, 2.05) is 6.92 Å². The molecule has 2 aromatic rings. The Bertz CT molecular complexity index is 1000. The van der Waals surface area contributed by atoms with Gasteiger partial charge in [0.25, 0.3) is 5.91 Å². The van der Waals surface area contributed by atoms with E-state index in [-0.39, 0.29) is 17.4 Å². The number of hydrogen-bond acceptors (Lipinski definition) is 6. The Morgan fingerprint density at radius 2 is 1.73 bits per heavy atom. The van der Waals surface area contributed by atoms with E-state index in [1.165, 1.54) is 0 Å². The number of methoxy groups -OCH3 is 1. The summed E-state index contributed by atoms with van der Waals surface area (Å²) in [5, 5.41) is 2.81. The number of benzene rings is 2. The zero-order valence-electron chi connectivity index (χ0n) is 19.2. The normalized spacial score (nSPS) is 15.5. The number of rotatable bonds is 11. The summed E-state index contributed by atoms with van der Waals surface area (Å²) in [6.45, 7) is 3.56. The monoisotopic (exact) mass is 476 g/mol. The Morgan fingerprint density at radius 1 is 1.03 bits per heavy atom. The van der Waals surface area contributed by atoms with E-state index in [1.54, 1.807) is 59.9 Å². The van der Waals surface area contributed by atoms with E-state index in [0.717, 1.165) is 19.3 Å². The Kier molecular flexibility index (Phi) is 8.96. The first-order chi connectivity index (χ1) is 15.9. The summed E-state index contributed by atoms with van der Waals surface area (Å²) in [7, 11) is -1.89. The highest BCUT2D eigenvalue weighted by molar-refractivity contribution is 7.89. The maximum absolute atomic E-state index is 12.7. The molecule has 0 spiro atoms. The predicted molar refractivity (Wildman–Crippen MR) is 125 cm³/mol. The highest BCUT2D eigenvalue weighted by Gasteiger charge is 2.25. The van der Waals surface area contributed by atoms with Gasteiger partial charge in [-0.1, -0.05) is 19.4 Å². The molecule has 0 bridgehead atoms. The van der Waals surface area contributed by atoms with Crippen molar-refractivity contribution in [3.8, 4) is 17.2 Å². The molecule has 1 heterocycles. The van der Waals surface area contributed by atoms with E-state index < -0.39 is 16.1 Å². The van der Waals surface area contributed by atoms with Crippen LogP contribution in [-0.2, 0) is 14.8 Å². The summed E-state index contributed by atoms with van der Waals surface area (Å²) in [6, 6.07) is 13.5. The van der Waals surface area contributed by atoms with Crippen molar-refractivity contribution >= 4 is 15.9 Å². The summed E-state index contributed by atoms with van der Waals surface area (Å²) < 4.78 is 43.6. The molecule has 1 amide bonds. The van der Waals surface area contributed by atoms with E-state index in [2.05, 4.69) is 5.32 Å². The first-order valence-corrected chi connectivity index (χ1v) is 12.7. The van der Waals surface area contributed by atoms with Crippen molar-refractivity contribution in [2.75, 3.05) is 33.4 Å². The van der Waals surface area contributed by atoms with Crippen LogP contribution in [0.15, 0.2) is 53.4 Å². The highest BCUT2D eigenvalue weighted by atomic mass is 32.2. The maximum atomic E-state index is 12.7. The van der Waals surface area contributed by atoms with Crippen LogP contribution in [0.3, 0.4) is 0 Å². The van der Waals surface area contributed by atoms with Gasteiger partial charge in [0.15, 0.2) is 6.10 Å². The van der Waals surface area contributed by atoms with Crippen LogP contribution >= 0.6 is 0 Å². The molecule has 1 N–H and O–H groups in total. The van der Waals surface area contributed by atoms with Crippen molar-refractivity contribution in [2.24, 2.45) is 0 Å². The molecular formula is C24H32N2O6S. The zero-order chi connectivity index (χ0) is 23.7. The molecule has 180 valence electrons. The van der Waals surface area contributed by atoms with Gasteiger partial charge in [0, 0.05) is 19.2 Å². The summed E-state index contributed by atoms with van der Waals surface area (Å²) in [5.74, 6) is 1.53. The summed E-state index contributed by atoms with van der Waals surface area (Å²) in [6.07, 6.45) is 2.75. The quantitative estimate of drug-likeness (QED) is 0.501. The first kappa shape index (κ1) is 24.9. The number of ether oxygens (including phenoxy) is 3. The molecule has 0 aliphatic carbocycles. The van der Waals surface area contributed by atoms with E-state index in [9.17, 15) is 13.2 Å². The molecule has 3 rings (SSSR count). The lowest BCUT2D eigenvalue weighted by Crippen LogP contribution is -2.39. The molecule has 1 saturated heterocycles. The maximum Gasteiger partial charge on any atom is 0.261 e. The number of sulfonamides is 1. The second-order valence-electron chi connectivity index (χ2n) is 7.77. The lowest BCUT2D eigenvalue weighted by atomic mass is 10.2. The Hall–Kier alpha value is -2.78. The molecular weight excluding hydrogens is 444 g/mol. The fourth-order valence-electron chi connectivity index (χ4n) is 3.58. The molecule has 0 saturated carbocycles. The number of hydrogen-bond donors (Lipinski definition) is 1.